The number of carbonyl (C=O) groups is 1. The van der Waals surface area contributed by atoms with Crippen LogP contribution in [-0.4, -0.2) is 18.0 Å². The Morgan fingerprint density at radius 3 is 2.75 bits per heavy atom. The van der Waals surface area contributed by atoms with Crippen molar-refractivity contribution in [1.82, 2.24) is 4.98 Å². The number of amides is 1. The molecule has 20 heavy (non-hydrogen) atoms. The lowest BCUT2D eigenvalue weighted by Crippen LogP contribution is -2.13. The molecule has 0 unspecified atom stereocenters. The van der Waals surface area contributed by atoms with Crippen LogP contribution in [0.4, 0.5) is 5.69 Å². The Morgan fingerprint density at radius 2 is 2.10 bits per heavy atom. The molecule has 0 bridgehead atoms. The van der Waals surface area contributed by atoms with E-state index in [1.807, 2.05) is 0 Å². The summed E-state index contributed by atoms with van der Waals surface area (Å²) in [6.45, 7) is 0. The Balaban J connectivity index is 2.32. The van der Waals surface area contributed by atoms with Gasteiger partial charge in [0.15, 0.2) is 5.75 Å². The maximum absolute atomic E-state index is 12.1. The summed E-state index contributed by atoms with van der Waals surface area (Å²) in [6, 6.07) is 6.32. The van der Waals surface area contributed by atoms with Crippen molar-refractivity contribution in [1.29, 1.82) is 0 Å². The van der Waals surface area contributed by atoms with Crippen molar-refractivity contribution < 1.29 is 9.53 Å². The molecule has 0 spiro atoms. The molecule has 0 fully saturated rings. The van der Waals surface area contributed by atoms with Crippen molar-refractivity contribution in [2.45, 2.75) is 0 Å². The first-order valence-electron chi connectivity index (χ1n) is 5.47. The predicted octanol–water partition coefficient (Wildman–Crippen LogP) is 4.41. The summed E-state index contributed by atoms with van der Waals surface area (Å²) < 4.78 is 5.88. The summed E-state index contributed by atoms with van der Waals surface area (Å²) >= 11 is 15.0. The van der Waals surface area contributed by atoms with Gasteiger partial charge in [0.1, 0.15) is 5.15 Å². The smallest absolute Gasteiger partial charge is 0.255 e. The zero-order valence-electron chi connectivity index (χ0n) is 10.3. The Labute approximate surface area is 134 Å². The van der Waals surface area contributed by atoms with Crippen molar-refractivity contribution >= 4 is 50.7 Å². The fourth-order valence-electron chi connectivity index (χ4n) is 1.60. The summed E-state index contributed by atoms with van der Waals surface area (Å²) in [7, 11) is 1.51. The number of nitrogens with zero attached hydrogens (tertiary/aromatic N) is 1. The second kappa shape index (κ2) is 6.43. The van der Waals surface area contributed by atoms with Gasteiger partial charge in [0.2, 0.25) is 0 Å². The number of methoxy groups -OCH3 is 1. The molecule has 2 aromatic rings. The van der Waals surface area contributed by atoms with E-state index < -0.39 is 0 Å². The minimum Gasteiger partial charge on any atom is -0.493 e. The second-order valence-electron chi connectivity index (χ2n) is 3.79. The highest BCUT2D eigenvalue weighted by Crippen LogP contribution is 2.36. The van der Waals surface area contributed by atoms with Gasteiger partial charge in [0, 0.05) is 16.8 Å². The molecule has 1 aromatic carbocycles. The molecule has 1 amide bonds. The van der Waals surface area contributed by atoms with Crippen LogP contribution in [0.15, 0.2) is 34.9 Å². The van der Waals surface area contributed by atoms with E-state index >= 15 is 0 Å². The van der Waals surface area contributed by atoms with Gasteiger partial charge in [-0.25, -0.2) is 4.98 Å². The quantitative estimate of drug-likeness (QED) is 0.808. The summed E-state index contributed by atoms with van der Waals surface area (Å²) in [5.41, 5.74) is 0.855. The largest absolute Gasteiger partial charge is 0.493 e. The molecule has 1 aromatic heterocycles. The van der Waals surface area contributed by atoms with Gasteiger partial charge in [0.05, 0.1) is 17.3 Å². The molecule has 0 saturated carbocycles. The number of benzene rings is 1. The van der Waals surface area contributed by atoms with Crippen molar-refractivity contribution in [3.8, 4) is 5.75 Å². The third-order valence-corrected chi connectivity index (χ3v) is 3.46. The molecule has 0 aliphatic heterocycles. The number of hydrogen-bond donors (Lipinski definition) is 1. The van der Waals surface area contributed by atoms with Gasteiger partial charge in [-0.1, -0.05) is 23.2 Å². The zero-order valence-corrected chi connectivity index (χ0v) is 13.4. The van der Waals surface area contributed by atoms with Gasteiger partial charge < -0.3 is 10.1 Å². The van der Waals surface area contributed by atoms with Gasteiger partial charge >= 0.3 is 0 Å². The second-order valence-corrected chi connectivity index (χ2v) is 5.47. The normalized spacial score (nSPS) is 10.2. The SMILES string of the molecule is COc1c(Br)cc(Cl)cc1NC(=O)c1ccnc(Cl)c1. The molecule has 4 nitrogen and oxygen atoms in total. The predicted molar refractivity (Wildman–Crippen MR) is 82.9 cm³/mol. The van der Waals surface area contributed by atoms with E-state index in [0.29, 0.717) is 26.5 Å². The number of halogens is 3. The maximum Gasteiger partial charge on any atom is 0.255 e. The summed E-state index contributed by atoms with van der Waals surface area (Å²) in [4.78, 5) is 16.0. The minimum atomic E-state index is -0.332. The fourth-order valence-corrected chi connectivity index (χ4v) is 2.74. The summed E-state index contributed by atoms with van der Waals surface area (Å²) in [5, 5.41) is 3.44. The number of rotatable bonds is 3. The molecule has 1 heterocycles. The molecule has 7 heteroatoms. The van der Waals surface area contributed by atoms with E-state index in [2.05, 4.69) is 26.2 Å². The lowest BCUT2D eigenvalue weighted by Gasteiger charge is -2.12. The molecule has 0 radical (unpaired) electrons. The number of pyridine rings is 1. The van der Waals surface area contributed by atoms with E-state index in [1.54, 1.807) is 18.2 Å². The molecule has 2 rings (SSSR count). The Morgan fingerprint density at radius 1 is 1.35 bits per heavy atom. The van der Waals surface area contributed by atoms with Crippen LogP contribution in [0, 0.1) is 0 Å². The Hall–Kier alpha value is -1.30. The van der Waals surface area contributed by atoms with E-state index in [9.17, 15) is 4.79 Å². The third-order valence-electron chi connectivity index (χ3n) is 2.45. The molecule has 1 N–H and O–H groups in total. The first-order valence-corrected chi connectivity index (χ1v) is 7.02. The van der Waals surface area contributed by atoms with E-state index in [0.717, 1.165) is 0 Å². The lowest BCUT2D eigenvalue weighted by atomic mass is 10.2. The van der Waals surface area contributed by atoms with Crippen LogP contribution in [-0.2, 0) is 0 Å². The third kappa shape index (κ3) is 3.42. The van der Waals surface area contributed by atoms with Crippen molar-refractivity contribution in [3.63, 3.8) is 0 Å². The van der Waals surface area contributed by atoms with Crippen LogP contribution in [0.2, 0.25) is 10.2 Å². The lowest BCUT2D eigenvalue weighted by molar-refractivity contribution is 0.102. The van der Waals surface area contributed by atoms with Crippen molar-refractivity contribution in [2.75, 3.05) is 12.4 Å². The van der Waals surface area contributed by atoms with Crippen LogP contribution < -0.4 is 10.1 Å². The molecular formula is C13H9BrCl2N2O2. The van der Waals surface area contributed by atoms with Crippen LogP contribution >= 0.6 is 39.1 Å². The zero-order chi connectivity index (χ0) is 14.7. The number of hydrogen-bond acceptors (Lipinski definition) is 3. The molecular weight excluding hydrogens is 367 g/mol. The van der Waals surface area contributed by atoms with Crippen LogP contribution in [0.1, 0.15) is 10.4 Å². The van der Waals surface area contributed by atoms with Gasteiger partial charge in [-0.3, -0.25) is 4.79 Å². The monoisotopic (exact) mass is 374 g/mol. The molecule has 0 saturated heterocycles. The average molecular weight is 376 g/mol. The van der Waals surface area contributed by atoms with E-state index in [-0.39, 0.29) is 11.1 Å². The number of anilines is 1. The topological polar surface area (TPSA) is 51.2 Å². The molecule has 0 aliphatic carbocycles. The minimum absolute atomic E-state index is 0.247. The highest BCUT2D eigenvalue weighted by Gasteiger charge is 2.14. The highest BCUT2D eigenvalue weighted by molar-refractivity contribution is 9.10. The van der Waals surface area contributed by atoms with Crippen molar-refractivity contribution in [2.24, 2.45) is 0 Å². The van der Waals surface area contributed by atoms with E-state index in [1.165, 1.54) is 19.4 Å². The number of carbonyl (C=O) groups excluding carboxylic acids is 1. The van der Waals surface area contributed by atoms with Gasteiger partial charge in [-0.2, -0.15) is 0 Å². The van der Waals surface area contributed by atoms with E-state index in [4.69, 9.17) is 27.9 Å². The van der Waals surface area contributed by atoms with Crippen molar-refractivity contribution in [3.05, 3.63) is 50.7 Å². The van der Waals surface area contributed by atoms with Crippen LogP contribution in [0.25, 0.3) is 0 Å². The van der Waals surface area contributed by atoms with Gasteiger partial charge in [0.25, 0.3) is 5.91 Å². The Kier molecular flexibility index (Phi) is 4.86. The number of aromatic nitrogens is 1. The summed E-state index contributed by atoms with van der Waals surface area (Å²) in [5.74, 6) is 0.157. The summed E-state index contributed by atoms with van der Waals surface area (Å²) in [6.07, 6.45) is 1.46. The Bertz CT molecular complexity index is 665. The fraction of sp³-hybridized carbons (Fsp3) is 0.0769. The maximum atomic E-state index is 12.1. The average Bonchev–Trinajstić information content (AvgIpc) is 2.38. The highest BCUT2D eigenvalue weighted by atomic mass is 79.9. The number of ether oxygens (including phenoxy) is 1. The molecule has 0 aliphatic rings. The van der Waals surface area contributed by atoms with Gasteiger partial charge in [-0.05, 0) is 40.2 Å². The molecule has 104 valence electrons. The van der Waals surface area contributed by atoms with Crippen LogP contribution in [0.3, 0.4) is 0 Å². The molecule has 0 atom stereocenters. The number of nitrogens with one attached hydrogen (secondary N) is 1. The standard InChI is InChI=1S/C13H9BrCl2N2O2/c1-20-12-9(14)5-8(15)6-10(12)18-13(19)7-2-3-17-11(16)4-7/h2-6H,1H3,(H,18,19). The van der Waals surface area contributed by atoms with Gasteiger partial charge in [-0.15, -0.1) is 0 Å². The first-order chi connectivity index (χ1) is 9.51. The first kappa shape index (κ1) is 15.1. The van der Waals surface area contributed by atoms with Crippen LogP contribution in [0.5, 0.6) is 5.75 Å².